The van der Waals surface area contributed by atoms with E-state index in [0.717, 1.165) is 49.6 Å². The zero-order chi connectivity index (χ0) is 31.8. The summed E-state index contributed by atoms with van der Waals surface area (Å²) in [6.07, 6.45) is 0. The van der Waals surface area contributed by atoms with Crippen LogP contribution in [-0.4, -0.2) is 54.4 Å². The van der Waals surface area contributed by atoms with E-state index in [9.17, 15) is 47.3 Å². The zero-order valence-corrected chi connectivity index (χ0v) is 24.8. The van der Waals surface area contributed by atoms with Gasteiger partial charge in [0.05, 0.1) is 16.9 Å². The van der Waals surface area contributed by atoms with Crippen LogP contribution in [0.5, 0.6) is 28.7 Å². The van der Waals surface area contributed by atoms with Crippen LogP contribution in [0.3, 0.4) is 0 Å². The molecular weight excluding hydrogens is 653 g/mol. The number of hydrogen-bond acceptors (Lipinski definition) is 11. The number of rotatable bonds is 10. The molecule has 0 heterocycles. The van der Waals surface area contributed by atoms with E-state index in [-0.39, 0.29) is 17.2 Å². The molecule has 0 amide bonds. The third kappa shape index (κ3) is 7.13. The molecule has 43 heavy (non-hydrogen) atoms. The second-order valence-electron chi connectivity index (χ2n) is 8.48. The minimum Gasteiger partial charge on any atom is -0.495 e. The van der Waals surface area contributed by atoms with Crippen molar-refractivity contribution in [2.45, 2.75) is 24.5 Å². The largest absolute Gasteiger partial charge is 0.495 e. The maximum atomic E-state index is 13.4. The van der Waals surface area contributed by atoms with Gasteiger partial charge in [-0.2, -0.15) is 25.3 Å². The summed E-state index contributed by atoms with van der Waals surface area (Å²) < 4.78 is 143. The third-order valence-corrected chi connectivity index (χ3v) is 9.99. The molecule has 0 unspecified atom stereocenters. The molecule has 4 aromatic rings. The Morgan fingerprint density at radius 2 is 0.907 bits per heavy atom. The first-order chi connectivity index (χ1) is 19.9. The van der Waals surface area contributed by atoms with Crippen molar-refractivity contribution in [3.8, 4) is 28.7 Å². The van der Waals surface area contributed by atoms with Crippen LogP contribution < -0.4 is 14.2 Å². The highest BCUT2D eigenvalue weighted by Crippen LogP contribution is 2.37. The molecule has 18 heteroatoms. The van der Waals surface area contributed by atoms with Gasteiger partial charge >= 0.3 is 0 Å². The predicted molar refractivity (Wildman–Crippen MR) is 147 cm³/mol. The lowest BCUT2D eigenvalue weighted by Crippen LogP contribution is -2.08. The quantitative estimate of drug-likeness (QED) is 0.204. The van der Waals surface area contributed by atoms with Crippen molar-refractivity contribution in [3.63, 3.8) is 0 Å². The Kier molecular flexibility index (Phi) is 8.58. The first-order valence-corrected chi connectivity index (χ1v) is 17.3. The number of para-hydroxylation sites is 1. The lowest BCUT2D eigenvalue weighted by atomic mass is 10.3. The van der Waals surface area contributed by atoms with E-state index >= 15 is 0 Å². The number of benzene rings is 4. The van der Waals surface area contributed by atoms with Gasteiger partial charge in [0, 0.05) is 6.07 Å². The number of hydrogen-bond donors (Lipinski definition) is 3. The van der Waals surface area contributed by atoms with E-state index in [0.29, 0.717) is 12.1 Å². The fourth-order valence-corrected chi connectivity index (χ4v) is 7.10. The van der Waals surface area contributed by atoms with Crippen molar-refractivity contribution in [1.29, 1.82) is 0 Å². The molecule has 3 N–H and O–H groups in total. The van der Waals surface area contributed by atoms with Crippen LogP contribution in [0.1, 0.15) is 0 Å². The first-order valence-electron chi connectivity index (χ1n) is 11.5. The summed E-state index contributed by atoms with van der Waals surface area (Å²) in [7, 11) is -18.6. The molecule has 4 rings (SSSR count). The number of methoxy groups -OCH3 is 1. The van der Waals surface area contributed by atoms with Crippen molar-refractivity contribution >= 4 is 40.2 Å². The average Bonchev–Trinajstić information content (AvgIpc) is 2.92. The Morgan fingerprint density at radius 3 is 1.35 bits per heavy atom. The standard InChI is InChI=1S/C25H20O14S4/c1-37-20-10-7-17(13-23(20)41(28,29)30)39-22-12-9-19(15-25(22)43(34,35)36)40(26,27)18-8-11-21(24(14-18)42(31,32)33)38-16-5-3-2-4-6-16/h2-15H,1H3,(H,28,29,30)(H,31,32,33)(H,34,35,36). The average molecular weight is 673 g/mol. The Balaban J connectivity index is 1.79. The molecule has 228 valence electrons. The normalized spacial score (nSPS) is 12.5. The number of sulfone groups is 1. The zero-order valence-electron chi connectivity index (χ0n) is 21.5. The topological polar surface area (TPSA) is 225 Å². The van der Waals surface area contributed by atoms with Gasteiger partial charge in [-0.1, -0.05) is 18.2 Å². The summed E-state index contributed by atoms with van der Waals surface area (Å²) in [5.41, 5.74) is 0. The summed E-state index contributed by atoms with van der Waals surface area (Å²) in [4.78, 5) is -4.12. The van der Waals surface area contributed by atoms with Crippen LogP contribution in [0, 0.1) is 0 Å². The molecule has 0 saturated carbocycles. The maximum Gasteiger partial charge on any atom is 0.298 e. The monoisotopic (exact) mass is 672 g/mol. The van der Waals surface area contributed by atoms with Crippen molar-refractivity contribution in [3.05, 3.63) is 84.9 Å². The van der Waals surface area contributed by atoms with Crippen molar-refractivity contribution in [2.24, 2.45) is 0 Å². The van der Waals surface area contributed by atoms with Gasteiger partial charge in [-0.15, -0.1) is 0 Å². The van der Waals surface area contributed by atoms with Gasteiger partial charge in [0.15, 0.2) is 0 Å². The molecule has 0 fully saturated rings. The van der Waals surface area contributed by atoms with Gasteiger partial charge in [0.2, 0.25) is 9.84 Å². The van der Waals surface area contributed by atoms with Crippen LogP contribution in [-0.2, 0) is 40.2 Å². The fourth-order valence-electron chi connectivity index (χ4n) is 3.68. The number of ether oxygens (including phenoxy) is 3. The van der Waals surface area contributed by atoms with Crippen molar-refractivity contribution in [1.82, 2.24) is 0 Å². The van der Waals surface area contributed by atoms with Gasteiger partial charge < -0.3 is 14.2 Å². The molecule has 14 nitrogen and oxygen atoms in total. The SMILES string of the molecule is COc1ccc(Oc2ccc(S(=O)(=O)c3ccc(Oc4ccccc4)c(S(=O)(=O)O)c3)cc2S(=O)(=O)O)cc1S(=O)(=O)O. The highest BCUT2D eigenvalue weighted by Gasteiger charge is 2.28. The minimum absolute atomic E-state index is 0.178. The molecule has 0 saturated heterocycles. The van der Waals surface area contributed by atoms with Crippen molar-refractivity contribution in [2.75, 3.05) is 7.11 Å². The van der Waals surface area contributed by atoms with E-state index in [1.165, 1.54) is 12.1 Å². The summed E-state index contributed by atoms with van der Waals surface area (Å²) in [6, 6.07) is 15.6. The Bertz CT molecular complexity index is 2140. The van der Waals surface area contributed by atoms with E-state index in [4.69, 9.17) is 14.2 Å². The van der Waals surface area contributed by atoms with E-state index in [1.807, 2.05) is 0 Å². The van der Waals surface area contributed by atoms with Crippen LogP contribution in [0.4, 0.5) is 0 Å². The highest BCUT2D eigenvalue weighted by atomic mass is 32.2. The van der Waals surface area contributed by atoms with Gasteiger partial charge in [0.1, 0.15) is 43.4 Å². The molecule has 0 aliphatic rings. The Hall–Kier alpha value is -4.04. The second-order valence-corrected chi connectivity index (χ2v) is 14.6. The third-order valence-electron chi connectivity index (χ3n) is 5.62. The van der Waals surface area contributed by atoms with E-state index in [2.05, 4.69) is 0 Å². The molecule has 0 atom stereocenters. The molecule has 4 aromatic carbocycles. The molecule has 0 radical (unpaired) electrons. The summed E-state index contributed by atoms with van der Waals surface area (Å²) in [5, 5.41) is 0. The minimum atomic E-state index is -5.18. The first kappa shape index (κ1) is 31.9. The lowest BCUT2D eigenvalue weighted by Gasteiger charge is -2.14. The van der Waals surface area contributed by atoms with E-state index in [1.54, 1.807) is 18.2 Å². The van der Waals surface area contributed by atoms with Crippen molar-refractivity contribution < 1.29 is 61.5 Å². The van der Waals surface area contributed by atoms with Gasteiger partial charge in [-0.25, -0.2) is 8.42 Å². The van der Waals surface area contributed by atoms with Gasteiger partial charge in [-0.3, -0.25) is 13.7 Å². The van der Waals surface area contributed by atoms with Gasteiger partial charge in [-0.05, 0) is 60.7 Å². The van der Waals surface area contributed by atoms with Crippen LogP contribution in [0.15, 0.2) is 109 Å². The van der Waals surface area contributed by atoms with Crippen LogP contribution in [0.2, 0.25) is 0 Å². The Morgan fingerprint density at radius 1 is 0.488 bits per heavy atom. The predicted octanol–water partition coefficient (Wildman–Crippen LogP) is 3.85. The van der Waals surface area contributed by atoms with Crippen LogP contribution in [0.25, 0.3) is 0 Å². The fraction of sp³-hybridized carbons (Fsp3) is 0.0400. The molecule has 0 aliphatic carbocycles. The van der Waals surface area contributed by atoms with E-state index < -0.39 is 76.2 Å². The smallest absolute Gasteiger partial charge is 0.298 e. The summed E-state index contributed by atoms with van der Waals surface area (Å²) >= 11 is 0. The maximum absolute atomic E-state index is 13.4. The molecule has 0 bridgehead atoms. The Labute approximate surface area is 246 Å². The lowest BCUT2D eigenvalue weighted by molar-refractivity contribution is 0.393. The van der Waals surface area contributed by atoms with Crippen LogP contribution >= 0.6 is 0 Å². The molecule has 0 aliphatic heterocycles. The van der Waals surface area contributed by atoms with Gasteiger partial charge in [0.25, 0.3) is 30.4 Å². The molecule has 0 spiro atoms. The summed E-state index contributed by atoms with van der Waals surface area (Å²) in [6.45, 7) is 0. The second kappa shape index (κ2) is 11.6. The molecule has 0 aromatic heterocycles. The highest BCUT2D eigenvalue weighted by molar-refractivity contribution is 7.91. The molecular formula is C25H20O14S4. The summed E-state index contributed by atoms with van der Waals surface area (Å²) in [5.74, 6) is -1.48.